The maximum atomic E-state index is 11.7. The zero-order valence-electron chi connectivity index (χ0n) is 12.0. The number of hydrogen-bond acceptors (Lipinski definition) is 3. The number of amides is 1. The molecule has 0 rings (SSSR count). The smallest absolute Gasteiger partial charge is 0.224 e. The van der Waals surface area contributed by atoms with Gasteiger partial charge in [-0.1, -0.05) is 13.8 Å². The summed E-state index contributed by atoms with van der Waals surface area (Å²) < 4.78 is 5.61. The van der Waals surface area contributed by atoms with E-state index in [0.29, 0.717) is 18.9 Å². The number of nitrogens with one attached hydrogen (secondary N) is 1. The van der Waals surface area contributed by atoms with Gasteiger partial charge in [0.25, 0.3) is 0 Å². The molecule has 0 aromatic carbocycles. The third-order valence-electron chi connectivity index (χ3n) is 2.64. The average molecular weight is 244 g/mol. The monoisotopic (exact) mass is 244 g/mol. The van der Waals surface area contributed by atoms with E-state index in [-0.39, 0.29) is 12.0 Å². The van der Waals surface area contributed by atoms with Crippen LogP contribution in [0.25, 0.3) is 0 Å². The van der Waals surface area contributed by atoms with E-state index in [4.69, 9.17) is 4.74 Å². The van der Waals surface area contributed by atoms with Crippen molar-refractivity contribution in [1.29, 1.82) is 0 Å². The number of nitrogens with zero attached hydrogens (tertiary/aromatic N) is 1. The molecule has 1 unspecified atom stereocenters. The van der Waals surface area contributed by atoms with Crippen molar-refractivity contribution >= 4 is 5.91 Å². The molecule has 102 valence electrons. The Morgan fingerprint density at radius 2 is 2.00 bits per heavy atom. The van der Waals surface area contributed by atoms with Crippen LogP contribution in [-0.4, -0.2) is 50.7 Å². The van der Waals surface area contributed by atoms with Gasteiger partial charge in [-0.15, -0.1) is 0 Å². The third kappa shape index (κ3) is 9.12. The summed E-state index contributed by atoms with van der Waals surface area (Å²) in [6, 6.07) is 0. The largest absolute Gasteiger partial charge is 0.378 e. The minimum Gasteiger partial charge on any atom is -0.378 e. The van der Waals surface area contributed by atoms with Crippen LogP contribution in [0.2, 0.25) is 0 Å². The molecular formula is C13H28N2O2. The Hall–Kier alpha value is -0.610. The second-order valence-corrected chi connectivity index (χ2v) is 4.98. The molecule has 1 atom stereocenters. The van der Waals surface area contributed by atoms with Crippen LogP contribution in [0, 0.1) is 5.92 Å². The fraction of sp³-hybridized carbons (Fsp3) is 0.923. The first-order chi connectivity index (χ1) is 7.97. The molecule has 0 fully saturated rings. The molecule has 0 heterocycles. The van der Waals surface area contributed by atoms with Gasteiger partial charge in [0.15, 0.2) is 0 Å². The normalized spacial score (nSPS) is 12.8. The topological polar surface area (TPSA) is 41.6 Å². The molecule has 1 amide bonds. The Bertz CT molecular complexity index is 208. The highest BCUT2D eigenvalue weighted by atomic mass is 16.5. The summed E-state index contributed by atoms with van der Waals surface area (Å²) in [4.78, 5) is 13.4. The molecule has 4 nitrogen and oxygen atoms in total. The van der Waals surface area contributed by atoms with Crippen molar-refractivity contribution in [3.63, 3.8) is 0 Å². The number of rotatable bonds is 9. The summed E-state index contributed by atoms with van der Waals surface area (Å²) >= 11 is 0. The summed E-state index contributed by atoms with van der Waals surface area (Å²) in [5.41, 5.74) is 0. The summed E-state index contributed by atoms with van der Waals surface area (Å²) in [5, 5.41) is 3.02. The Morgan fingerprint density at radius 3 is 2.53 bits per heavy atom. The Kier molecular flexibility index (Phi) is 9.09. The molecule has 1 N–H and O–H groups in total. The summed E-state index contributed by atoms with van der Waals surface area (Å²) in [6.45, 7) is 8.52. The quantitative estimate of drug-likeness (QED) is 0.668. The number of hydrogen-bond donors (Lipinski definition) is 1. The van der Waals surface area contributed by atoms with Crippen molar-refractivity contribution in [2.45, 2.75) is 39.7 Å². The van der Waals surface area contributed by atoms with E-state index in [0.717, 1.165) is 19.5 Å². The summed E-state index contributed by atoms with van der Waals surface area (Å²) in [6.07, 6.45) is 1.76. The standard InChI is InChI=1S/C13H28N2O2/c1-11(2)10-12(3)17-9-6-13(16)15(5)8-7-14-4/h11-12,14H,6-10H2,1-5H3. The van der Waals surface area contributed by atoms with Crippen molar-refractivity contribution < 1.29 is 9.53 Å². The second kappa shape index (κ2) is 9.42. The molecule has 0 aromatic heterocycles. The molecule has 0 aliphatic rings. The first-order valence-electron chi connectivity index (χ1n) is 6.47. The van der Waals surface area contributed by atoms with Gasteiger partial charge in [0.2, 0.25) is 5.91 Å². The molecule has 0 spiro atoms. The molecule has 0 aliphatic carbocycles. The van der Waals surface area contributed by atoms with Crippen LogP contribution < -0.4 is 5.32 Å². The highest BCUT2D eigenvalue weighted by Crippen LogP contribution is 2.07. The van der Waals surface area contributed by atoms with Crippen LogP contribution in [0.1, 0.15) is 33.6 Å². The number of carbonyl (C=O) groups is 1. The predicted octanol–water partition coefficient (Wildman–Crippen LogP) is 1.51. The van der Waals surface area contributed by atoms with Crippen LogP contribution in [0.15, 0.2) is 0 Å². The first kappa shape index (κ1) is 16.4. The molecule has 0 saturated carbocycles. The van der Waals surface area contributed by atoms with Crippen LogP contribution >= 0.6 is 0 Å². The van der Waals surface area contributed by atoms with E-state index in [2.05, 4.69) is 26.1 Å². The summed E-state index contributed by atoms with van der Waals surface area (Å²) in [7, 11) is 3.71. The zero-order valence-corrected chi connectivity index (χ0v) is 12.0. The lowest BCUT2D eigenvalue weighted by molar-refractivity contribution is -0.131. The van der Waals surface area contributed by atoms with Crippen molar-refractivity contribution in [3.05, 3.63) is 0 Å². The molecule has 17 heavy (non-hydrogen) atoms. The first-order valence-corrected chi connectivity index (χ1v) is 6.47. The lowest BCUT2D eigenvalue weighted by atomic mass is 10.1. The molecule has 0 aromatic rings. The maximum absolute atomic E-state index is 11.7. The van der Waals surface area contributed by atoms with Gasteiger partial charge in [-0.2, -0.15) is 0 Å². The molecule has 0 aliphatic heterocycles. The number of ether oxygens (including phenoxy) is 1. The number of likely N-dealkylation sites (N-methyl/N-ethyl adjacent to an activating group) is 2. The summed E-state index contributed by atoms with van der Waals surface area (Å²) in [5.74, 6) is 0.788. The van der Waals surface area contributed by atoms with Crippen LogP contribution in [0.3, 0.4) is 0 Å². The van der Waals surface area contributed by atoms with E-state index in [9.17, 15) is 4.79 Å². The molecule has 4 heteroatoms. The van der Waals surface area contributed by atoms with Gasteiger partial charge in [-0.25, -0.2) is 0 Å². The average Bonchev–Trinajstić information content (AvgIpc) is 2.24. The van der Waals surface area contributed by atoms with Gasteiger partial charge in [-0.3, -0.25) is 4.79 Å². The van der Waals surface area contributed by atoms with Crippen molar-refractivity contribution in [2.24, 2.45) is 5.92 Å². The van der Waals surface area contributed by atoms with E-state index < -0.39 is 0 Å². The van der Waals surface area contributed by atoms with Crippen molar-refractivity contribution in [1.82, 2.24) is 10.2 Å². The second-order valence-electron chi connectivity index (χ2n) is 4.98. The van der Waals surface area contributed by atoms with Gasteiger partial charge >= 0.3 is 0 Å². The van der Waals surface area contributed by atoms with Crippen LogP contribution in [0.5, 0.6) is 0 Å². The highest BCUT2D eigenvalue weighted by Gasteiger charge is 2.10. The highest BCUT2D eigenvalue weighted by molar-refractivity contribution is 5.75. The molecule has 0 radical (unpaired) electrons. The zero-order chi connectivity index (χ0) is 13.3. The van der Waals surface area contributed by atoms with Crippen molar-refractivity contribution in [2.75, 3.05) is 33.8 Å². The third-order valence-corrected chi connectivity index (χ3v) is 2.64. The van der Waals surface area contributed by atoms with Gasteiger partial charge in [-0.05, 0) is 26.3 Å². The molecule has 0 saturated heterocycles. The number of carbonyl (C=O) groups excluding carboxylic acids is 1. The maximum Gasteiger partial charge on any atom is 0.224 e. The Morgan fingerprint density at radius 1 is 1.35 bits per heavy atom. The van der Waals surface area contributed by atoms with E-state index >= 15 is 0 Å². The van der Waals surface area contributed by atoms with Crippen molar-refractivity contribution in [3.8, 4) is 0 Å². The van der Waals surface area contributed by atoms with E-state index in [1.165, 1.54) is 0 Å². The lowest BCUT2D eigenvalue weighted by Crippen LogP contribution is -2.33. The lowest BCUT2D eigenvalue weighted by Gasteiger charge is -2.18. The minimum absolute atomic E-state index is 0.150. The van der Waals surface area contributed by atoms with Crippen LogP contribution in [-0.2, 0) is 9.53 Å². The minimum atomic E-state index is 0.150. The van der Waals surface area contributed by atoms with E-state index in [1.54, 1.807) is 4.90 Å². The Balaban J connectivity index is 3.62. The van der Waals surface area contributed by atoms with Gasteiger partial charge in [0.05, 0.1) is 19.1 Å². The van der Waals surface area contributed by atoms with Crippen LogP contribution in [0.4, 0.5) is 0 Å². The Labute approximate surface area is 106 Å². The van der Waals surface area contributed by atoms with Gasteiger partial charge < -0.3 is 15.0 Å². The fourth-order valence-corrected chi connectivity index (χ4v) is 1.67. The fourth-order valence-electron chi connectivity index (χ4n) is 1.67. The molecular weight excluding hydrogens is 216 g/mol. The van der Waals surface area contributed by atoms with Gasteiger partial charge in [0, 0.05) is 20.1 Å². The SMILES string of the molecule is CNCCN(C)C(=O)CCOC(C)CC(C)C. The van der Waals surface area contributed by atoms with Gasteiger partial charge in [0.1, 0.15) is 0 Å². The van der Waals surface area contributed by atoms with E-state index in [1.807, 2.05) is 14.1 Å². The molecule has 0 bridgehead atoms. The predicted molar refractivity (Wildman–Crippen MR) is 71.0 cm³/mol.